The third-order valence-corrected chi connectivity index (χ3v) is 3.76. The highest BCUT2D eigenvalue weighted by Crippen LogP contribution is 2.26. The highest BCUT2D eigenvalue weighted by Gasteiger charge is 2.07. The van der Waals surface area contributed by atoms with Gasteiger partial charge in [-0.05, 0) is 48.0 Å². The third-order valence-electron chi connectivity index (χ3n) is 3.76. The molecule has 2 rings (SSSR count). The fourth-order valence-electron chi connectivity index (χ4n) is 2.29. The van der Waals surface area contributed by atoms with Gasteiger partial charge in [0.2, 0.25) is 11.8 Å². The van der Waals surface area contributed by atoms with Gasteiger partial charge in [0.25, 0.3) is 0 Å². The van der Waals surface area contributed by atoms with Crippen LogP contribution < -0.4 is 25.0 Å². The van der Waals surface area contributed by atoms with Gasteiger partial charge in [0.1, 0.15) is 5.75 Å². The summed E-state index contributed by atoms with van der Waals surface area (Å²) in [4.78, 5) is 23.7. The van der Waals surface area contributed by atoms with E-state index >= 15 is 0 Å². The predicted octanol–water partition coefficient (Wildman–Crippen LogP) is 2.58. The van der Waals surface area contributed by atoms with Crippen molar-refractivity contribution in [1.29, 1.82) is 0 Å². The molecule has 0 aliphatic carbocycles. The molecule has 0 unspecified atom stereocenters. The van der Waals surface area contributed by atoms with Crippen LogP contribution >= 0.6 is 0 Å². The first-order valence-corrected chi connectivity index (χ1v) is 8.53. The van der Waals surface area contributed by atoms with Crippen LogP contribution in [0.4, 0.5) is 5.69 Å². The number of benzene rings is 2. The molecule has 0 spiro atoms. The van der Waals surface area contributed by atoms with E-state index in [0.29, 0.717) is 22.9 Å². The lowest BCUT2D eigenvalue weighted by molar-refractivity contribution is -0.124. The van der Waals surface area contributed by atoms with Gasteiger partial charge in [-0.3, -0.25) is 9.59 Å². The van der Waals surface area contributed by atoms with E-state index in [4.69, 9.17) is 14.2 Å². The number of amides is 2. The smallest absolute Gasteiger partial charge is 0.240 e. The Morgan fingerprint density at radius 1 is 0.893 bits per heavy atom. The maximum absolute atomic E-state index is 11.9. The van der Waals surface area contributed by atoms with E-state index in [9.17, 15) is 9.59 Å². The molecule has 0 aliphatic rings. The van der Waals surface area contributed by atoms with Crippen LogP contribution in [0.3, 0.4) is 0 Å². The van der Waals surface area contributed by atoms with Gasteiger partial charge in [0.05, 0.1) is 27.5 Å². The Balaban J connectivity index is 1.77. The minimum Gasteiger partial charge on any atom is -0.497 e. The maximum Gasteiger partial charge on any atom is 0.240 e. The van der Waals surface area contributed by atoms with Crippen LogP contribution in [0.15, 0.2) is 47.6 Å². The van der Waals surface area contributed by atoms with E-state index in [1.807, 2.05) is 0 Å². The zero-order valence-electron chi connectivity index (χ0n) is 16.0. The van der Waals surface area contributed by atoms with Crippen molar-refractivity contribution in [1.82, 2.24) is 5.43 Å². The first-order chi connectivity index (χ1) is 13.5. The summed E-state index contributed by atoms with van der Waals surface area (Å²) in [6, 6.07) is 12.2. The number of hydrogen-bond donors (Lipinski definition) is 2. The molecule has 28 heavy (non-hydrogen) atoms. The largest absolute Gasteiger partial charge is 0.497 e. The molecule has 8 heteroatoms. The standard InChI is InChI=1S/C20H23N3O5/c1-26-16-7-5-15(6-8-16)22-19(24)10-11-20(25)23-21-13-14-4-9-17(27-2)18(12-14)28-3/h4-9,12-13H,10-11H2,1-3H3,(H,22,24)(H,23,25). The average Bonchev–Trinajstić information content (AvgIpc) is 2.72. The van der Waals surface area contributed by atoms with Gasteiger partial charge in [-0.1, -0.05) is 0 Å². The molecule has 2 amide bonds. The Bertz CT molecular complexity index is 834. The van der Waals surface area contributed by atoms with Crippen molar-refractivity contribution in [3.05, 3.63) is 48.0 Å². The number of ether oxygens (including phenoxy) is 3. The molecule has 0 aliphatic heterocycles. The first kappa shape index (κ1) is 20.8. The maximum atomic E-state index is 11.9. The second-order valence-corrected chi connectivity index (χ2v) is 5.68. The quantitative estimate of drug-likeness (QED) is 0.511. The molecular weight excluding hydrogens is 362 g/mol. The Kier molecular flexibility index (Phi) is 7.83. The van der Waals surface area contributed by atoms with E-state index in [1.54, 1.807) is 56.7 Å². The lowest BCUT2D eigenvalue weighted by atomic mass is 10.2. The predicted molar refractivity (Wildman–Crippen MR) is 106 cm³/mol. The molecule has 8 nitrogen and oxygen atoms in total. The molecule has 2 N–H and O–H groups in total. The van der Waals surface area contributed by atoms with Crippen molar-refractivity contribution >= 4 is 23.7 Å². The van der Waals surface area contributed by atoms with E-state index < -0.39 is 0 Å². The molecule has 0 saturated heterocycles. The van der Waals surface area contributed by atoms with E-state index in [1.165, 1.54) is 13.3 Å². The number of nitrogens with zero attached hydrogens (tertiary/aromatic N) is 1. The average molecular weight is 385 g/mol. The van der Waals surface area contributed by atoms with E-state index in [-0.39, 0.29) is 24.7 Å². The van der Waals surface area contributed by atoms with Crippen molar-refractivity contribution < 1.29 is 23.8 Å². The molecule has 0 saturated carbocycles. The molecule has 2 aromatic carbocycles. The van der Waals surface area contributed by atoms with Crippen LogP contribution in [-0.4, -0.2) is 39.4 Å². The van der Waals surface area contributed by atoms with Crippen LogP contribution in [-0.2, 0) is 9.59 Å². The van der Waals surface area contributed by atoms with Crippen molar-refractivity contribution in [3.63, 3.8) is 0 Å². The fourth-order valence-corrected chi connectivity index (χ4v) is 2.29. The number of methoxy groups -OCH3 is 3. The number of hydrazone groups is 1. The molecule has 0 radical (unpaired) electrons. The van der Waals surface area contributed by atoms with Gasteiger partial charge >= 0.3 is 0 Å². The SMILES string of the molecule is COc1ccc(NC(=O)CCC(=O)NN=Cc2ccc(OC)c(OC)c2)cc1. The Labute approximate surface area is 163 Å². The van der Waals surface area contributed by atoms with Gasteiger partial charge in [-0.15, -0.1) is 0 Å². The fraction of sp³-hybridized carbons (Fsp3) is 0.250. The summed E-state index contributed by atoms with van der Waals surface area (Å²) >= 11 is 0. The van der Waals surface area contributed by atoms with Gasteiger partial charge in [-0.25, -0.2) is 5.43 Å². The monoisotopic (exact) mass is 385 g/mol. The lowest BCUT2D eigenvalue weighted by Gasteiger charge is -2.07. The topological polar surface area (TPSA) is 98.2 Å². The van der Waals surface area contributed by atoms with Gasteiger partial charge in [0, 0.05) is 18.5 Å². The summed E-state index contributed by atoms with van der Waals surface area (Å²) < 4.78 is 15.4. The van der Waals surface area contributed by atoms with Crippen molar-refractivity contribution in [2.45, 2.75) is 12.8 Å². The number of hydrogen-bond acceptors (Lipinski definition) is 6. The summed E-state index contributed by atoms with van der Waals surface area (Å²) in [5.74, 6) is 1.25. The second kappa shape index (κ2) is 10.6. The first-order valence-electron chi connectivity index (χ1n) is 8.53. The zero-order chi connectivity index (χ0) is 20.4. The Morgan fingerprint density at radius 2 is 1.57 bits per heavy atom. The van der Waals surface area contributed by atoms with Gasteiger partial charge in [0.15, 0.2) is 11.5 Å². The van der Waals surface area contributed by atoms with Crippen LogP contribution in [0.2, 0.25) is 0 Å². The summed E-state index contributed by atoms with van der Waals surface area (Å²) in [5.41, 5.74) is 3.76. The second-order valence-electron chi connectivity index (χ2n) is 5.68. The molecule has 0 heterocycles. The minimum absolute atomic E-state index is 0.0191. The van der Waals surface area contributed by atoms with Crippen LogP contribution in [0.1, 0.15) is 18.4 Å². The number of rotatable bonds is 9. The summed E-state index contributed by atoms with van der Waals surface area (Å²) in [6.45, 7) is 0. The zero-order valence-corrected chi connectivity index (χ0v) is 16.0. The van der Waals surface area contributed by atoms with E-state index in [2.05, 4.69) is 15.8 Å². The molecular formula is C20H23N3O5. The van der Waals surface area contributed by atoms with Crippen LogP contribution in [0.5, 0.6) is 17.2 Å². The summed E-state index contributed by atoms with van der Waals surface area (Å²) in [5, 5.41) is 6.60. The van der Waals surface area contributed by atoms with Crippen molar-refractivity contribution in [3.8, 4) is 17.2 Å². The highest BCUT2D eigenvalue weighted by atomic mass is 16.5. The van der Waals surface area contributed by atoms with Gasteiger partial charge < -0.3 is 19.5 Å². The third kappa shape index (κ3) is 6.31. The summed E-state index contributed by atoms with van der Waals surface area (Å²) in [7, 11) is 4.66. The number of anilines is 1. The number of carbonyl (C=O) groups excluding carboxylic acids is 2. The van der Waals surface area contributed by atoms with Gasteiger partial charge in [-0.2, -0.15) is 5.10 Å². The summed E-state index contributed by atoms with van der Waals surface area (Å²) in [6.07, 6.45) is 1.55. The Morgan fingerprint density at radius 3 is 2.21 bits per heavy atom. The van der Waals surface area contributed by atoms with Crippen LogP contribution in [0, 0.1) is 0 Å². The molecule has 0 aromatic heterocycles. The number of nitrogens with one attached hydrogen (secondary N) is 2. The Hall–Kier alpha value is -3.55. The van der Waals surface area contributed by atoms with Crippen LogP contribution in [0.25, 0.3) is 0 Å². The lowest BCUT2D eigenvalue weighted by Crippen LogP contribution is -2.20. The molecule has 0 atom stereocenters. The normalized spacial score (nSPS) is 10.4. The number of carbonyl (C=O) groups is 2. The molecule has 0 fully saturated rings. The molecule has 0 bridgehead atoms. The molecule has 148 valence electrons. The highest BCUT2D eigenvalue weighted by molar-refractivity contribution is 5.93. The minimum atomic E-state index is -0.360. The van der Waals surface area contributed by atoms with E-state index in [0.717, 1.165) is 5.56 Å². The van der Waals surface area contributed by atoms with Crippen molar-refractivity contribution in [2.75, 3.05) is 26.6 Å². The van der Waals surface area contributed by atoms with Crippen molar-refractivity contribution in [2.24, 2.45) is 5.10 Å². The molecule has 2 aromatic rings.